The molecule has 0 aliphatic carbocycles. The summed E-state index contributed by atoms with van der Waals surface area (Å²) in [6, 6.07) is 48.5. The fourth-order valence-electron chi connectivity index (χ4n) is 6.19. The molecule has 1 heterocycles. The lowest BCUT2D eigenvalue weighted by Crippen LogP contribution is -2.35. The summed E-state index contributed by atoms with van der Waals surface area (Å²) in [6.45, 7) is 5.14. The third-order valence-electron chi connectivity index (χ3n) is 8.96. The van der Waals surface area contributed by atoms with Gasteiger partial charge in [0.15, 0.2) is 23.7 Å². The van der Waals surface area contributed by atoms with E-state index in [-0.39, 0.29) is 13.0 Å². The van der Waals surface area contributed by atoms with E-state index in [0.29, 0.717) is 60.7 Å². The van der Waals surface area contributed by atoms with Crippen LogP contribution in [-0.4, -0.2) is 18.9 Å². The Morgan fingerprint density at radius 2 is 1.15 bits per heavy atom. The third-order valence-corrected chi connectivity index (χ3v) is 8.96. The Hall–Kier alpha value is -6.67. The van der Waals surface area contributed by atoms with Gasteiger partial charge in [0.25, 0.3) is 0 Å². The molecule has 2 unspecified atom stereocenters. The van der Waals surface area contributed by atoms with Gasteiger partial charge >= 0.3 is 6.16 Å². The molecule has 1 aliphatic rings. The van der Waals surface area contributed by atoms with Gasteiger partial charge in [-0.15, -0.1) is 0 Å². The van der Waals surface area contributed by atoms with Gasteiger partial charge in [-0.3, -0.25) is 0 Å². The Bertz CT molecular complexity index is 2140. The third kappa shape index (κ3) is 10.1. The Labute approximate surface area is 321 Å². The molecule has 8 heteroatoms. The van der Waals surface area contributed by atoms with Gasteiger partial charge in [0.1, 0.15) is 50.3 Å². The molecular formula is C47H42O8. The predicted molar refractivity (Wildman–Crippen MR) is 209 cm³/mol. The Morgan fingerprint density at radius 1 is 0.600 bits per heavy atom. The maximum Gasteiger partial charge on any atom is 0.509 e. The van der Waals surface area contributed by atoms with Crippen LogP contribution in [0.3, 0.4) is 0 Å². The van der Waals surface area contributed by atoms with Crippen LogP contribution in [0.15, 0.2) is 164 Å². The van der Waals surface area contributed by atoms with E-state index in [0.717, 1.165) is 27.8 Å². The molecule has 0 bridgehead atoms. The second-order valence-corrected chi connectivity index (χ2v) is 12.9. The molecule has 0 radical (unpaired) electrons. The second-order valence-electron chi connectivity index (χ2n) is 12.9. The first-order chi connectivity index (χ1) is 27.1. The molecule has 0 amide bonds. The van der Waals surface area contributed by atoms with Gasteiger partial charge in [-0.2, -0.15) is 0 Å². The quantitative estimate of drug-likeness (QED) is 0.0718. The zero-order chi connectivity index (χ0) is 37.7. The van der Waals surface area contributed by atoms with E-state index in [1.807, 2.05) is 152 Å². The van der Waals surface area contributed by atoms with Crippen molar-refractivity contribution in [2.45, 2.75) is 45.1 Å². The van der Waals surface area contributed by atoms with Crippen molar-refractivity contribution in [1.29, 1.82) is 0 Å². The fourth-order valence-corrected chi connectivity index (χ4v) is 6.19. The van der Waals surface area contributed by atoms with Crippen molar-refractivity contribution in [2.75, 3.05) is 6.61 Å². The van der Waals surface area contributed by atoms with Crippen molar-refractivity contribution in [1.82, 2.24) is 0 Å². The van der Waals surface area contributed by atoms with E-state index in [1.54, 1.807) is 6.08 Å². The van der Waals surface area contributed by atoms with Crippen molar-refractivity contribution in [3.8, 4) is 28.7 Å². The standard InChI is InChI=1S/C47H42O8/c1-2-25-49-41-24-23-38(26-44(41)52-32-36-19-11-5-12-20-36)46-45(55-47(48)53-33-37-21-13-6-14-22-37)29-40-42(51-31-35-17-9-4-10-18-35)27-39(28-43(40)54-46)50-30-34-15-7-3-8-16-34/h2-24,26-28,45-46H,1,25,29-33H2. The van der Waals surface area contributed by atoms with Crippen molar-refractivity contribution in [2.24, 2.45) is 0 Å². The highest BCUT2D eigenvalue weighted by Gasteiger charge is 2.37. The van der Waals surface area contributed by atoms with E-state index in [4.69, 9.17) is 33.2 Å². The fraction of sp³-hybridized carbons (Fsp3) is 0.170. The van der Waals surface area contributed by atoms with E-state index in [1.165, 1.54) is 0 Å². The normalized spacial score (nSPS) is 14.4. The molecule has 0 saturated carbocycles. The smallest absolute Gasteiger partial charge is 0.489 e. The Morgan fingerprint density at radius 3 is 1.73 bits per heavy atom. The van der Waals surface area contributed by atoms with Gasteiger partial charge in [0.2, 0.25) is 0 Å². The summed E-state index contributed by atoms with van der Waals surface area (Å²) in [5.74, 6) is 2.74. The molecule has 7 rings (SSSR count). The lowest BCUT2D eigenvalue weighted by atomic mass is 9.93. The van der Waals surface area contributed by atoms with E-state index >= 15 is 0 Å². The van der Waals surface area contributed by atoms with Crippen molar-refractivity contribution in [3.63, 3.8) is 0 Å². The van der Waals surface area contributed by atoms with Crippen LogP contribution in [0.25, 0.3) is 0 Å². The van der Waals surface area contributed by atoms with Crippen molar-refractivity contribution < 1.29 is 38.0 Å². The lowest BCUT2D eigenvalue weighted by molar-refractivity contribution is -0.0349. The summed E-state index contributed by atoms with van der Waals surface area (Å²) < 4.78 is 43.5. The van der Waals surface area contributed by atoms with E-state index < -0.39 is 18.4 Å². The Kier molecular flexibility index (Phi) is 12.3. The minimum Gasteiger partial charge on any atom is -0.489 e. The first-order valence-electron chi connectivity index (χ1n) is 18.2. The minimum absolute atomic E-state index is 0.0644. The van der Waals surface area contributed by atoms with Crippen LogP contribution in [0.4, 0.5) is 4.79 Å². The molecular weight excluding hydrogens is 693 g/mol. The van der Waals surface area contributed by atoms with Gasteiger partial charge in [0, 0.05) is 29.7 Å². The maximum atomic E-state index is 13.3. The number of hydrogen-bond donors (Lipinski definition) is 0. The van der Waals surface area contributed by atoms with Crippen LogP contribution >= 0.6 is 0 Å². The molecule has 55 heavy (non-hydrogen) atoms. The molecule has 6 aromatic carbocycles. The largest absolute Gasteiger partial charge is 0.509 e. The van der Waals surface area contributed by atoms with Crippen LogP contribution < -0.4 is 23.7 Å². The van der Waals surface area contributed by atoms with Crippen LogP contribution in [0.2, 0.25) is 0 Å². The van der Waals surface area contributed by atoms with Gasteiger partial charge in [-0.25, -0.2) is 4.79 Å². The summed E-state index contributed by atoms with van der Waals surface area (Å²) in [6.07, 6.45) is -0.413. The van der Waals surface area contributed by atoms with Crippen LogP contribution in [0, 0.1) is 0 Å². The second kappa shape index (κ2) is 18.4. The summed E-state index contributed by atoms with van der Waals surface area (Å²) >= 11 is 0. The number of ether oxygens (including phenoxy) is 7. The number of carbonyl (C=O) groups excluding carboxylic acids is 1. The molecule has 0 saturated heterocycles. The highest BCUT2D eigenvalue weighted by molar-refractivity contribution is 5.61. The van der Waals surface area contributed by atoms with E-state index in [9.17, 15) is 4.79 Å². The van der Waals surface area contributed by atoms with Crippen molar-refractivity contribution in [3.05, 3.63) is 198 Å². The highest BCUT2D eigenvalue weighted by Crippen LogP contribution is 2.45. The maximum absolute atomic E-state index is 13.3. The van der Waals surface area contributed by atoms with Crippen molar-refractivity contribution >= 4 is 6.16 Å². The number of benzene rings is 6. The van der Waals surface area contributed by atoms with Crippen LogP contribution in [0.1, 0.15) is 39.5 Å². The molecule has 278 valence electrons. The molecule has 0 spiro atoms. The minimum atomic E-state index is -0.813. The van der Waals surface area contributed by atoms with Crippen LogP contribution in [-0.2, 0) is 42.3 Å². The number of hydrogen-bond acceptors (Lipinski definition) is 8. The molecule has 8 nitrogen and oxygen atoms in total. The lowest BCUT2D eigenvalue weighted by Gasteiger charge is -2.34. The average Bonchev–Trinajstić information content (AvgIpc) is 3.24. The predicted octanol–water partition coefficient (Wildman–Crippen LogP) is 10.4. The highest BCUT2D eigenvalue weighted by atomic mass is 16.7. The molecule has 2 atom stereocenters. The van der Waals surface area contributed by atoms with Gasteiger partial charge in [-0.1, -0.05) is 140 Å². The average molecular weight is 735 g/mol. The number of carbonyl (C=O) groups is 1. The Balaban J connectivity index is 1.22. The molecule has 0 fully saturated rings. The molecule has 0 aromatic heterocycles. The molecule has 0 N–H and O–H groups in total. The summed E-state index contributed by atoms with van der Waals surface area (Å²) in [5, 5.41) is 0. The number of rotatable bonds is 16. The number of fused-ring (bicyclic) bond motifs is 1. The van der Waals surface area contributed by atoms with Crippen LogP contribution in [0.5, 0.6) is 28.7 Å². The SMILES string of the molecule is C=CCOc1ccc(C2Oc3cc(OCc4ccccc4)cc(OCc4ccccc4)c3CC2OC(=O)OCc2ccccc2)cc1OCc1ccccc1. The molecule has 6 aromatic rings. The topological polar surface area (TPSA) is 81.7 Å². The first-order valence-corrected chi connectivity index (χ1v) is 18.2. The summed E-state index contributed by atoms with van der Waals surface area (Å²) in [7, 11) is 0. The summed E-state index contributed by atoms with van der Waals surface area (Å²) in [4.78, 5) is 13.3. The monoisotopic (exact) mass is 734 g/mol. The first kappa shape index (κ1) is 36.7. The van der Waals surface area contributed by atoms with Gasteiger partial charge in [0.05, 0.1) is 0 Å². The van der Waals surface area contributed by atoms with E-state index in [2.05, 4.69) is 6.58 Å². The molecule has 1 aliphatic heterocycles. The summed E-state index contributed by atoms with van der Waals surface area (Å²) in [5.41, 5.74) is 5.32. The zero-order valence-corrected chi connectivity index (χ0v) is 30.4. The van der Waals surface area contributed by atoms with Gasteiger partial charge < -0.3 is 33.2 Å². The zero-order valence-electron chi connectivity index (χ0n) is 30.4. The van der Waals surface area contributed by atoms with Gasteiger partial charge in [-0.05, 0) is 34.4 Å².